The van der Waals surface area contributed by atoms with Crippen LogP contribution in [0.3, 0.4) is 0 Å². The van der Waals surface area contributed by atoms with Crippen LogP contribution in [-0.2, 0) is 13.0 Å². The van der Waals surface area contributed by atoms with E-state index in [2.05, 4.69) is 37.0 Å². The van der Waals surface area contributed by atoms with Gasteiger partial charge in [0.15, 0.2) is 0 Å². The Morgan fingerprint density at radius 3 is 2.80 bits per heavy atom. The normalized spacial score (nSPS) is 14.2. The monoisotopic (exact) mass is 336 g/mol. The van der Waals surface area contributed by atoms with E-state index in [0.717, 1.165) is 11.9 Å². The molecule has 1 aliphatic rings. The summed E-state index contributed by atoms with van der Waals surface area (Å²) in [7, 11) is 0. The third-order valence-corrected chi connectivity index (χ3v) is 5.02. The van der Waals surface area contributed by atoms with E-state index < -0.39 is 0 Å². The molecule has 0 unspecified atom stereocenters. The Hall–Kier alpha value is -2.62. The molecule has 3 aromatic rings. The number of fused-ring (bicyclic) bond motifs is 3. The van der Waals surface area contributed by atoms with E-state index in [1.165, 1.54) is 34.3 Å². The Bertz CT molecular complexity index is 958. The lowest BCUT2D eigenvalue weighted by Gasteiger charge is -2.27. The molecular weight excluding hydrogens is 315 g/mol. The second-order valence-corrected chi connectivity index (χ2v) is 7.03. The predicted molar refractivity (Wildman–Crippen MR) is 97.2 cm³/mol. The molecule has 3 nitrogen and oxygen atoms in total. The summed E-state index contributed by atoms with van der Waals surface area (Å²) < 4.78 is 13.4. The molecule has 4 rings (SSSR count). The molecule has 1 amide bonds. The van der Waals surface area contributed by atoms with E-state index in [1.807, 2.05) is 4.90 Å². The molecule has 0 bridgehead atoms. The number of amides is 1. The van der Waals surface area contributed by atoms with Crippen molar-refractivity contribution < 1.29 is 9.18 Å². The lowest BCUT2D eigenvalue weighted by atomic mass is 9.98. The summed E-state index contributed by atoms with van der Waals surface area (Å²) in [6.45, 7) is 5.57. The SMILES string of the molecule is CC(C)c1ccc2[nH]c3c(c2c1)CN(C(=O)c1cccc(F)c1)CC3. The Balaban J connectivity index is 1.69. The van der Waals surface area contributed by atoms with Gasteiger partial charge in [-0.05, 0) is 41.8 Å². The second kappa shape index (κ2) is 6.03. The van der Waals surface area contributed by atoms with E-state index in [4.69, 9.17) is 0 Å². The fourth-order valence-corrected chi connectivity index (χ4v) is 3.57. The number of halogens is 1. The van der Waals surface area contributed by atoms with Crippen molar-refractivity contribution in [3.63, 3.8) is 0 Å². The first kappa shape index (κ1) is 15.9. The second-order valence-electron chi connectivity index (χ2n) is 7.03. The van der Waals surface area contributed by atoms with Gasteiger partial charge in [-0.2, -0.15) is 0 Å². The van der Waals surface area contributed by atoms with Crippen LogP contribution in [0, 0.1) is 5.82 Å². The van der Waals surface area contributed by atoms with Gasteiger partial charge in [-0.15, -0.1) is 0 Å². The molecule has 128 valence electrons. The third kappa shape index (κ3) is 2.82. The Labute approximate surface area is 146 Å². The van der Waals surface area contributed by atoms with Crippen molar-refractivity contribution in [1.82, 2.24) is 9.88 Å². The van der Waals surface area contributed by atoms with Crippen molar-refractivity contribution >= 4 is 16.8 Å². The van der Waals surface area contributed by atoms with Crippen LogP contribution in [0.4, 0.5) is 4.39 Å². The zero-order valence-corrected chi connectivity index (χ0v) is 14.5. The van der Waals surface area contributed by atoms with Gasteiger partial charge in [0.1, 0.15) is 5.82 Å². The molecular formula is C21H21FN2O. The highest BCUT2D eigenvalue weighted by molar-refractivity contribution is 5.95. The maximum Gasteiger partial charge on any atom is 0.254 e. The molecule has 1 aliphatic heterocycles. The number of carbonyl (C=O) groups excluding carboxylic acids is 1. The van der Waals surface area contributed by atoms with Crippen LogP contribution in [0.15, 0.2) is 42.5 Å². The van der Waals surface area contributed by atoms with E-state index >= 15 is 0 Å². The van der Waals surface area contributed by atoms with Crippen LogP contribution in [0.25, 0.3) is 10.9 Å². The van der Waals surface area contributed by atoms with Gasteiger partial charge < -0.3 is 9.88 Å². The zero-order valence-electron chi connectivity index (χ0n) is 14.5. The predicted octanol–water partition coefficient (Wildman–Crippen LogP) is 4.63. The average Bonchev–Trinajstić information content (AvgIpc) is 2.98. The van der Waals surface area contributed by atoms with Gasteiger partial charge in [0.25, 0.3) is 5.91 Å². The third-order valence-electron chi connectivity index (χ3n) is 5.02. The lowest BCUT2D eigenvalue weighted by molar-refractivity contribution is 0.0734. The molecule has 25 heavy (non-hydrogen) atoms. The summed E-state index contributed by atoms with van der Waals surface area (Å²) in [6.07, 6.45) is 0.794. The van der Waals surface area contributed by atoms with Crippen molar-refractivity contribution in [1.29, 1.82) is 0 Å². The molecule has 0 fully saturated rings. The van der Waals surface area contributed by atoms with Gasteiger partial charge >= 0.3 is 0 Å². The lowest BCUT2D eigenvalue weighted by Crippen LogP contribution is -2.35. The van der Waals surface area contributed by atoms with E-state index in [0.29, 0.717) is 24.6 Å². The van der Waals surface area contributed by atoms with Crippen molar-refractivity contribution in [3.8, 4) is 0 Å². The van der Waals surface area contributed by atoms with E-state index in [9.17, 15) is 9.18 Å². The molecule has 2 heterocycles. The molecule has 0 radical (unpaired) electrons. The van der Waals surface area contributed by atoms with Crippen LogP contribution >= 0.6 is 0 Å². The summed E-state index contributed by atoms with van der Waals surface area (Å²) >= 11 is 0. The number of nitrogens with zero attached hydrogens (tertiary/aromatic N) is 1. The molecule has 1 aromatic heterocycles. The van der Waals surface area contributed by atoms with Crippen molar-refractivity contribution in [2.24, 2.45) is 0 Å². The van der Waals surface area contributed by atoms with Crippen LogP contribution < -0.4 is 0 Å². The fraction of sp³-hybridized carbons (Fsp3) is 0.286. The number of aromatic amines is 1. The van der Waals surface area contributed by atoms with Gasteiger partial charge in [-0.3, -0.25) is 4.79 Å². The highest BCUT2D eigenvalue weighted by atomic mass is 19.1. The van der Waals surface area contributed by atoms with Crippen molar-refractivity contribution in [3.05, 3.63) is 70.7 Å². The molecule has 0 spiro atoms. The summed E-state index contributed by atoms with van der Waals surface area (Å²) in [5, 5.41) is 1.19. The molecule has 0 saturated carbocycles. The van der Waals surface area contributed by atoms with E-state index in [1.54, 1.807) is 12.1 Å². The number of H-pyrrole nitrogens is 1. The molecule has 0 atom stereocenters. The smallest absolute Gasteiger partial charge is 0.254 e. The number of nitrogens with one attached hydrogen (secondary N) is 1. The van der Waals surface area contributed by atoms with Gasteiger partial charge in [-0.1, -0.05) is 26.0 Å². The van der Waals surface area contributed by atoms with Crippen LogP contribution in [-0.4, -0.2) is 22.3 Å². The zero-order chi connectivity index (χ0) is 17.6. The highest BCUT2D eigenvalue weighted by Gasteiger charge is 2.25. The van der Waals surface area contributed by atoms with Gasteiger partial charge in [-0.25, -0.2) is 4.39 Å². The topological polar surface area (TPSA) is 36.1 Å². The minimum Gasteiger partial charge on any atom is -0.358 e. The largest absolute Gasteiger partial charge is 0.358 e. The minimum absolute atomic E-state index is 0.112. The van der Waals surface area contributed by atoms with Crippen LogP contribution in [0.1, 0.15) is 46.9 Å². The average molecular weight is 336 g/mol. The number of hydrogen-bond donors (Lipinski definition) is 1. The molecule has 2 aromatic carbocycles. The molecule has 4 heteroatoms. The van der Waals surface area contributed by atoms with Gasteiger partial charge in [0, 0.05) is 47.2 Å². The number of aromatic nitrogens is 1. The van der Waals surface area contributed by atoms with Crippen molar-refractivity contribution in [2.75, 3.05) is 6.54 Å². The number of benzene rings is 2. The molecule has 0 aliphatic carbocycles. The quantitative estimate of drug-likeness (QED) is 0.728. The van der Waals surface area contributed by atoms with Crippen LogP contribution in [0.5, 0.6) is 0 Å². The van der Waals surface area contributed by atoms with Crippen molar-refractivity contribution in [2.45, 2.75) is 32.7 Å². The molecule has 0 saturated heterocycles. The maximum atomic E-state index is 13.4. The number of rotatable bonds is 2. The van der Waals surface area contributed by atoms with E-state index in [-0.39, 0.29) is 11.7 Å². The van der Waals surface area contributed by atoms with Gasteiger partial charge in [0.05, 0.1) is 0 Å². The Morgan fingerprint density at radius 2 is 2.04 bits per heavy atom. The first-order valence-corrected chi connectivity index (χ1v) is 8.71. The number of hydrogen-bond acceptors (Lipinski definition) is 1. The van der Waals surface area contributed by atoms with Gasteiger partial charge in [0.2, 0.25) is 0 Å². The molecule has 1 N–H and O–H groups in total. The summed E-state index contributed by atoms with van der Waals surface area (Å²) in [5.74, 6) is -0.0275. The fourth-order valence-electron chi connectivity index (χ4n) is 3.57. The first-order valence-electron chi connectivity index (χ1n) is 8.71. The Morgan fingerprint density at radius 1 is 1.20 bits per heavy atom. The first-order chi connectivity index (χ1) is 12.0. The van der Waals surface area contributed by atoms with Crippen LogP contribution in [0.2, 0.25) is 0 Å². The number of carbonyl (C=O) groups is 1. The Kier molecular flexibility index (Phi) is 3.83. The minimum atomic E-state index is -0.378. The summed E-state index contributed by atoms with van der Waals surface area (Å²) in [4.78, 5) is 18.0. The summed E-state index contributed by atoms with van der Waals surface area (Å²) in [6, 6.07) is 12.4. The standard InChI is InChI=1S/C21H21FN2O/c1-13(2)14-6-7-19-17(11-14)18-12-24(9-8-20(18)23-19)21(25)15-4-3-5-16(22)10-15/h3-7,10-11,13,23H,8-9,12H2,1-2H3. The highest BCUT2D eigenvalue weighted by Crippen LogP contribution is 2.30. The summed E-state index contributed by atoms with van der Waals surface area (Å²) in [5.41, 5.74) is 5.22. The maximum absolute atomic E-state index is 13.4.